The minimum absolute atomic E-state index is 0.333. The molecule has 3 aromatic rings. The van der Waals surface area contributed by atoms with Crippen LogP contribution in [-0.2, 0) is 16.1 Å². The third-order valence-corrected chi connectivity index (χ3v) is 4.17. The topological polar surface area (TPSA) is 86.1 Å². The van der Waals surface area contributed by atoms with Gasteiger partial charge in [0.1, 0.15) is 5.52 Å². The monoisotopic (exact) mass is 352 g/mol. The molecule has 1 amide bonds. The van der Waals surface area contributed by atoms with Crippen LogP contribution in [0.4, 0.5) is 5.69 Å². The van der Waals surface area contributed by atoms with Gasteiger partial charge < -0.3 is 10.1 Å². The second-order valence-electron chi connectivity index (χ2n) is 6.03. The lowest BCUT2D eigenvalue weighted by Crippen LogP contribution is -2.21. The molecule has 0 bridgehead atoms. The number of aromatic nitrogens is 3. The van der Waals surface area contributed by atoms with Gasteiger partial charge >= 0.3 is 5.97 Å². The molecule has 26 heavy (non-hydrogen) atoms. The molecule has 0 radical (unpaired) electrons. The first-order valence-corrected chi connectivity index (χ1v) is 8.35. The summed E-state index contributed by atoms with van der Waals surface area (Å²) in [5.74, 6) is -0.965. The van der Waals surface area contributed by atoms with E-state index in [4.69, 9.17) is 4.74 Å². The van der Waals surface area contributed by atoms with Crippen molar-refractivity contribution in [3.8, 4) is 0 Å². The van der Waals surface area contributed by atoms with Gasteiger partial charge in [-0.2, -0.15) is 0 Å². The fraction of sp³-hybridized carbons (Fsp3) is 0.263. The molecule has 3 rings (SSSR count). The number of aryl methyl sites for hydroxylation is 3. The van der Waals surface area contributed by atoms with E-state index in [1.807, 2.05) is 39.0 Å². The van der Waals surface area contributed by atoms with Crippen LogP contribution in [0.3, 0.4) is 0 Å². The zero-order valence-corrected chi connectivity index (χ0v) is 14.9. The highest BCUT2D eigenvalue weighted by Crippen LogP contribution is 2.15. The molecule has 0 saturated heterocycles. The molecule has 1 N–H and O–H groups in total. The van der Waals surface area contributed by atoms with Crippen molar-refractivity contribution >= 4 is 28.6 Å². The number of carbonyl (C=O) groups excluding carboxylic acids is 2. The Morgan fingerprint density at radius 3 is 2.65 bits per heavy atom. The van der Waals surface area contributed by atoms with Crippen LogP contribution >= 0.6 is 0 Å². The number of fused-ring (bicyclic) bond motifs is 1. The first-order chi connectivity index (χ1) is 12.5. The van der Waals surface area contributed by atoms with Crippen molar-refractivity contribution in [3.63, 3.8) is 0 Å². The second-order valence-corrected chi connectivity index (χ2v) is 6.03. The van der Waals surface area contributed by atoms with Crippen molar-refractivity contribution in [1.82, 2.24) is 15.0 Å². The first-order valence-electron chi connectivity index (χ1n) is 8.35. The van der Waals surface area contributed by atoms with Crippen molar-refractivity contribution in [2.24, 2.45) is 0 Å². The van der Waals surface area contributed by atoms with Gasteiger partial charge in [-0.3, -0.25) is 4.79 Å². The summed E-state index contributed by atoms with van der Waals surface area (Å²) in [4.78, 5) is 24.1. The number of hydrogen-bond donors (Lipinski definition) is 1. The highest BCUT2D eigenvalue weighted by molar-refractivity contribution is 5.97. The quantitative estimate of drug-likeness (QED) is 0.714. The largest absolute Gasteiger partial charge is 0.452 e. The summed E-state index contributed by atoms with van der Waals surface area (Å²) in [5, 5.41) is 10.7. The normalized spacial score (nSPS) is 10.7. The van der Waals surface area contributed by atoms with Crippen LogP contribution in [0.15, 0.2) is 36.4 Å². The average molecular weight is 352 g/mol. The van der Waals surface area contributed by atoms with Gasteiger partial charge in [-0.25, -0.2) is 9.48 Å². The van der Waals surface area contributed by atoms with Crippen molar-refractivity contribution in [1.29, 1.82) is 0 Å². The van der Waals surface area contributed by atoms with Crippen LogP contribution in [0.1, 0.15) is 28.4 Å². The molecule has 0 spiro atoms. The van der Waals surface area contributed by atoms with Gasteiger partial charge in [0.2, 0.25) is 0 Å². The Hall–Kier alpha value is -3.22. The Morgan fingerprint density at radius 1 is 1.12 bits per heavy atom. The summed E-state index contributed by atoms with van der Waals surface area (Å²) in [6.45, 7) is 6.27. The lowest BCUT2D eigenvalue weighted by Gasteiger charge is -2.08. The maximum absolute atomic E-state index is 12.2. The Balaban J connectivity index is 1.61. The molecule has 0 saturated carbocycles. The third-order valence-electron chi connectivity index (χ3n) is 4.17. The molecule has 0 unspecified atom stereocenters. The summed E-state index contributed by atoms with van der Waals surface area (Å²) in [6.07, 6.45) is 0. The van der Waals surface area contributed by atoms with Gasteiger partial charge in [0.15, 0.2) is 6.61 Å². The number of benzene rings is 2. The molecule has 1 aromatic heterocycles. The van der Waals surface area contributed by atoms with E-state index in [1.165, 1.54) is 0 Å². The van der Waals surface area contributed by atoms with Crippen molar-refractivity contribution in [3.05, 3.63) is 53.1 Å². The highest BCUT2D eigenvalue weighted by atomic mass is 16.5. The SMILES string of the molecule is CCn1nnc2cc(C(=O)OCC(=O)Nc3ccc(C)c(C)c3)ccc21. The third kappa shape index (κ3) is 3.72. The van der Waals surface area contributed by atoms with E-state index < -0.39 is 5.97 Å². The molecule has 0 aliphatic rings. The van der Waals surface area contributed by atoms with Gasteiger partial charge in [0, 0.05) is 12.2 Å². The van der Waals surface area contributed by atoms with Crippen molar-refractivity contribution < 1.29 is 14.3 Å². The van der Waals surface area contributed by atoms with Crippen molar-refractivity contribution in [2.75, 3.05) is 11.9 Å². The first kappa shape index (κ1) is 17.6. The number of rotatable bonds is 5. The molecular formula is C19H20N4O3. The van der Waals surface area contributed by atoms with Crippen LogP contribution in [0.25, 0.3) is 11.0 Å². The summed E-state index contributed by atoms with van der Waals surface area (Å²) in [5.41, 5.74) is 4.68. The van der Waals surface area contributed by atoms with E-state index in [9.17, 15) is 9.59 Å². The van der Waals surface area contributed by atoms with Gasteiger partial charge in [-0.15, -0.1) is 5.10 Å². The number of carbonyl (C=O) groups is 2. The zero-order valence-electron chi connectivity index (χ0n) is 14.9. The molecular weight excluding hydrogens is 332 g/mol. The van der Waals surface area contributed by atoms with Gasteiger partial charge in [0.25, 0.3) is 5.91 Å². The molecule has 0 aliphatic carbocycles. The molecule has 7 nitrogen and oxygen atoms in total. The number of ether oxygens (including phenoxy) is 1. The predicted octanol–water partition coefficient (Wildman–Crippen LogP) is 2.86. The minimum atomic E-state index is -0.576. The summed E-state index contributed by atoms with van der Waals surface area (Å²) >= 11 is 0. The van der Waals surface area contributed by atoms with E-state index >= 15 is 0 Å². The second kappa shape index (κ2) is 7.35. The van der Waals surface area contributed by atoms with E-state index in [1.54, 1.807) is 22.9 Å². The van der Waals surface area contributed by atoms with E-state index in [0.717, 1.165) is 16.6 Å². The summed E-state index contributed by atoms with van der Waals surface area (Å²) < 4.78 is 6.83. The summed E-state index contributed by atoms with van der Waals surface area (Å²) in [7, 11) is 0. The Labute approximate surface area is 151 Å². The number of anilines is 1. The molecule has 7 heteroatoms. The van der Waals surface area contributed by atoms with Crippen molar-refractivity contribution in [2.45, 2.75) is 27.3 Å². The zero-order chi connectivity index (χ0) is 18.7. The molecule has 0 fully saturated rings. The standard InChI is InChI=1S/C19H20N4O3/c1-4-23-17-8-6-14(10-16(17)21-22-23)19(25)26-11-18(24)20-15-7-5-12(2)13(3)9-15/h5-10H,4,11H2,1-3H3,(H,20,24). The predicted molar refractivity (Wildman–Crippen MR) is 98.0 cm³/mol. The van der Waals surface area contributed by atoms with E-state index in [-0.39, 0.29) is 12.5 Å². The maximum atomic E-state index is 12.2. The van der Waals surface area contributed by atoms with Crippen LogP contribution < -0.4 is 5.32 Å². The van der Waals surface area contributed by atoms with Crippen LogP contribution in [-0.4, -0.2) is 33.5 Å². The molecule has 2 aromatic carbocycles. The lowest BCUT2D eigenvalue weighted by molar-refractivity contribution is -0.119. The highest BCUT2D eigenvalue weighted by Gasteiger charge is 2.13. The van der Waals surface area contributed by atoms with E-state index in [2.05, 4.69) is 15.6 Å². The smallest absolute Gasteiger partial charge is 0.338 e. The van der Waals surface area contributed by atoms with Crippen LogP contribution in [0, 0.1) is 13.8 Å². The fourth-order valence-corrected chi connectivity index (χ4v) is 2.56. The Bertz CT molecular complexity index is 978. The summed E-state index contributed by atoms with van der Waals surface area (Å²) in [6, 6.07) is 10.6. The number of amides is 1. The Morgan fingerprint density at radius 2 is 1.92 bits per heavy atom. The maximum Gasteiger partial charge on any atom is 0.338 e. The van der Waals surface area contributed by atoms with Gasteiger partial charge in [-0.05, 0) is 62.2 Å². The number of nitrogens with one attached hydrogen (secondary N) is 1. The number of esters is 1. The van der Waals surface area contributed by atoms with Crippen LogP contribution in [0.5, 0.6) is 0 Å². The van der Waals surface area contributed by atoms with Gasteiger partial charge in [-0.1, -0.05) is 11.3 Å². The number of nitrogens with zero attached hydrogens (tertiary/aromatic N) is 3. The molecule has 134 valence electrons. The Kier molecular flexibility index (Phi) is 4.97. The average Bonchev–Trinajstić information content (AvgIpc) is 3.05. The lowest BCUT2D eigenvalue weighted by atomic mass is 10.1. The molecule has 0 atom stereocenters. The molecule has 0 aliphatic heterocycles. The minimum Gasteiger partial charge on any atom is -0.452 e. The number of hydrogen-bond acceptors (Lipinski definition) is 5. The van der Waals surface area contributed by atoms with Gasteiger partial charge in [0.05, 0.1) is 11.1 Å². The van der Waals surface area contributed by atoms with Crippen LogP contribution in [0.2, 0.25) is 0 Å². The van der Waals surface area contributed by atoms with E-state index in [0.29, 0.717) is 23.3 Å². The molecule has 1 heterocycles. The fourth-order valence-electron chi connectivity index (χ4n) is 2.56.